The normalized spacial score (nSPS) is 25.4. The number of hydrazone groups is 1. The highest BCUT2D eigenvalue weighted by molar-refractivity contribution is 9.11. The topological polar surface area (TPSA) is 68.1 Å². The molecule has 2 atom stereocenters. The first-order valence-corrected chi connectivity index (χ1v) is 8.55. The van der Waals surface area contributed by atoms with Crippen LogP contribution in [0.4, 0.5) is 0 Å². The Bertz CT molecular complexity index is 606. The quantitative estimate of drug-likeness (QED) is 0.690. The maximum atomic E-state index is 10.3. The van der Waals surface area contributed by atoms with Crippen LogP contribution in [-0.2, 0) is 0 Å². The number of hydrogen-bond donors (Lipinski definition) is 3. The van der Waals surface area contributed by atoms with Crippen molar-refractivity contribution in [2.75, 3.05) is 19.6 Å². The summed E-state index contributed by atoms with van der Waals surface area (Å²) in [4.78, 5) is 2.39. The van der Waals surface area contributed by atoms with E-state index >= 15 is 0 Å². The van der Waals surface area contributed by atoms with E-state index in [0.29, 0.717) is 8.95 Å². The minimum absolute atomic E-state index is 0.00853. The summed E-state index contributed by atoms with van der Waals surface area (Å²) >= 11 is 6.56. The van der Waals surface area contributed by atoms with Crippen LogP contribution in [0.25, 0.3) is 0 Å². The van der Waals surface area contributed by atoms with E-state index in [1.165, 1.54) is 5.71 Å². The first kappa shape index (κ1) is 15.1. The SMILES string of the molecule is CCN1CCC2=NNC(c3cc(Br)c(O)c(Br)c3O)C2C1. The summed E-state index contributed by atoms with van der Waals surface area (Å²) in [7, 11) is 0. The average molecular weight is 419 g/mol. The van der Waals surface area contributed by atoms with E-state index in [-0.39, 0.29) is 23.5 Å². The van der Waals surface area contributed by atoms with E-state index < -0.39 is 0 Å². The number of phenols is 2. The number of benzene rings is 1. The number of nitrogens with one attached hydrogen (secondary N) is 1. The van der Waals surface area contributed by atoms with Crippen molar-refractivity contribution in [1.82, 2.24) is 10.3 Å². The molecule has 1 saturated heterocycles. The monoisotopic (exact) mass is 417 g/mol. The van der Waals surface area contributed by atoms with Crippen molar-refractivity contribution in [3.05, 3.63) is 20.6 Å². The lowest BCUT2D eigenvalue weighted by Gasteiger charge is -2.33. The number of halogens is 2. The molecule has 0 aliphatic carbocycles. The predicted molar refractivity (Wildman–Crippen MR) is 88.7 cm³/mol. The van der Waals surface area contributed by atoms with E-state index in [2.05, 4.69) is 54.2 Å². The van der Waals surface area contributed by atoms with E-state index in [1.54, 1.807) is 6.07 Å². The second-order valence-electron chi connectivity index (χ2n) is 5.42. The van der Waals surface area contributed by atoms with Crippen LogP contribution in [0, 0.1) is 5.92 Å². The molecule has 0 aromatic heterocycles. The van der Waals surface area contributed by atoms with Crippen molar-refractivity contribution >= 4 is 37.6 Å². The van der Waals surface area contributed by atoms with Gasteiger partial charge < -0.3 is 20.5 Å². The van der Waals surface area contributed by atoms with Gasteiger partial charge in [-0.15, -0.1) is 0 Å². The van der Waals surface area contributed by atoms with Crippen molar-refractivity contribution < 1.29 is 10.2 Å². The summed E-state index contributed by atoms with van der Waals surface area (Å²) < 4.78 is 0.867. The van der Waals surface area contributed by atoms with Crippen LogP contribution in [0.2, 0.25) is 0 Å². The largest absolute Gasteiger partial charge is 0.506 e. The van der Waals surface area contributed by atoms with Gasteiger partial charge in [0.1, 0.15) is 16.0 Å². The molecule has 0 saturated carbocycles. The maximum absolute atomic E-state index is 10.3. The molecule has 2 unspecified atom stereocenters. The van der Waals surface area contributed by atoms with Gasteiger partial charge in [-0.25, -0.2) is 0 Å². The fraction of sp³-hybridized carbons (Fsp3) is 0.500. The van der Waals surface area contributed by atoms with Crippen LogP contribution in [0.3, 0.4) is 0 Å². The third kappa shape index (κ3) is 2.55. The highest BCUT2D eigenvalue weighted by Crippen LogP contribution is 2.46. The minimum Gasteiger partial charge on any atom is -0.506 e. The van der Waals surface area contributed by atoms with Gasteiger partial charge in [0.25, 0.3) is 0 Å². The summed E-state index contributed by atoms with van der Waals surface area (Å²) in [5.41, 5.74) is 5.07. The van der Waals surface area contributed by atoms with Crippen LogP contribution in [-0.4, -0.2) is 40.5 Å². The molecule has 0 radical (unpaired) electrons. The zero-order valence-electron chi connectivity index (χ0n) is 11.6. The Morgan fingerprint density at radius 1 is 1.38 bits per heavy atom. The minimum atomic E-state index is -0.0671. The number of likely N-dealkylation sites (tertiary alicyclic amines) is 1. The molecule has 7 heteroatoms. The van der Waals surface area contributed by atoms with Gasteiger partial charge >= 0.3 is 0 Å². The molecule has 1 fully saturated rings. The molecule has 21 heavy (non-hydrogen) atoms. The molecule has 1 aromatic rings. The maximum Gasteiger partial charge on any atom is 0.147 e. The van der Waals surface area contributed by atoms with Gasteiger partial charge in [0.2, 0.25) is 0 Å². The second kappa shape index (κ2) is 5.78. The molecule has 0 bridgehead atoms. The fourth-order valence-electron chi connectivity index (χ4n) is 3.04. The molecule has 1 aromatic carbocycles. The van der Waals surface area contributed by atoms with Crippen LogP contribution >= 0.6 is 31.9 Å². The highest BCUT2D eigenvalue weighted by atomic mass is 79.9. The summed E-state index contributed by atoms with van der Waals surface area (Å²) in [6.07, 6.45) is 0.961. The van der Waals surface area contributed by atoms with Crippen molar-refractivity contribution in [1.29, 1.82) is 0 Å². The Morgan fingerprint density at radius 2 is 2.14 bits per heavy atom. The van der Waals surface area contributed by atoms with Crippen LogP contribution in [0.1, 0.15) is 24.9 Å². The lowest BCUT2D eigenvalue weighted by Crippen LogP contribution is -2.41. The zero-order chi connectivity index (χ0) is 15.1. The van der Waals surface area contributed by atoms with Crippen LogP contribution < -0.4 is 5.43 Å². The van der Waals surface area contributed by atoms with Crippen molar-refractivity contribution in [2.45, 2.75) is 19.4 Å². The molecule has 3 N–H and O–H groups in total. The first-order valence-electron chi connectivity index (χ1n) is 6.97. The third-order valence-electron chi connectivity index (χ3n) is 4.30. The van der Waals surface area contributed by atoms with Gasteiger partial charge in [-0.1, -0.05) is 6.92 Å². The molecule has 2 aliphatic rings. The van der Waals surface area contributed by atoms with E-state index in [4.69, 9.17) is 0 Å². The van der Waals surface area contributed by atoms with Gasteiger partial charge in [0, 0.05) is 36.7 Å². The smallest absolute Gasteiger partial charge is 0.147 e. The summed E-state index contributed by atoms with van der Waals surface area (Å²) in [5, 5.41) is 24.6. The number of fused-ring (bicyclic) bond motifs is 1. The number of rotatable bonds is 2. The highest BCUT2D eigenvalue weighted by Gasteiger charge is 2.38. The average Bonchev–Trinajstić information content (AvgIpc) is 2.91. The Kier molecular flexibility index (Phi) is 4.16. The Balaban J connectivity index is 1.95. The Labute approximate surface area is 140 Å². The summed E-state index contributed by atoms with van der Waals surface area (Å²) in [5.74, 6) is 0.334. The Morgan fingerprint density at radius 3 is 2.86 bits per heavy atom. The molecule has 114 valence electrons. The van der Waals surface area contributed by atoms with Crippen molar-refractivity contribution in [3.8, 4) is 11.5 Å². The predicted octanol–water partition coefficient (Wildman–Crippen LogP) is 2.96. The summed E-state index contributed by atoms with van der Waals surface area (Å²) in [6.45, 7) is 5.15. The van der Waals surface area contributed by atoms with E-state index in [9.17, 15) is 10.2 Å². The van der Waals surface area contributed by atoms with Gasteiger partial charge in [0.15, 0.2) is 0 Å². The summed E-state index contributed by atoms with van der Waals surface area (Å²) in [6, 6.07) is 1.69. The lowest BCUT2D eigenvalue weighted by atomic mass is 9.86. The van der Waals surface area contributed by atoms with Crippen LogP contribution in [0.15, 0.2) is 20.1 Å². The number of nitrogens with zero attached hydrogens (tertiary/aromatic N) is 2. The fourth-order valence-corrected chi connectivity index (χ4v) is 4.19. The molecule has 0 spiro atoms. The van der Waals surface area contributed by atoms with Crippen molar-refractivity contribution in [2.24, 2.45) is 11.0 Å². The molecule has 2 aliphatic heterocycles. The lowest BCUT2D eigenvalue weighted by molar-refractivity contribution is 0.237. The standard InChI is InChI=1S/C14H17Br2N3O2/c1-2-19-4-3-10-8(6-19)12(18-17-10)7-5-9(15)14(21)11(16)13(7)20/h5,8,12,18,20-21H,2-4,6H2,1H3. The molecular weight excluding hydrogens is 402 g/mol. The van der Waals surface area contributed by atoms with Gasteiger partial charge in [0.05, 0.1) is 10.5 Å². The van der Waals surface area contributed by atoms with E-state index in [0.717, 1.165) is 31.6 Å². The first-order chi connectivity index (χ1) is 10.0. The van der Waals surface area contributed by atoms with E-state index in [1.807, 2.05) is 0 Å². The number of phenolic OH excluding ortho intramolecular Hbond substituents is 2. The second-order valence-corrected chi connectivity index (χ2v) is 7.07. The number of hydrogen-bond acceptors (Lipinski definition) is 5. The number of aromatic hydroxyl groups is 2. The third-order valence-corrected chi connectivity index (χ3v) is 5.65. The Hall–Kier alpha value is -0.790. The van der Waals surface area contributed by atoms with Crippen LogP contribution in [0.5, 0.6) is 11.5 Å². The molecule has 0 amide bonds. The van der Waals surface area contributed by atoms with Gasteiger partial charge in [-0.2, -0.15) is 5.10 Å². The molecular formula is C14H17Br2N3O2. The van der Waals surface area contributed by atoms with Crippen molar-refractivity contribution in [3.63, 3.8) is 0 Å². The zero-order valence-corrected chi connectivity index (χ0v) is 14.8. The number of piperidine rings is 1. The van der Waals surface area contributed by atoms with Gasteiger partial charge in [-0.05, 0) is 44.5 Å². The molecule has 3 rings (SSSR count). The molecule has 5 nitrogen and oxygen atoms in total. The molecule has 2 heterocycles. The van der Waals surface area contributed by atoms with Gasteiger partial charge in [-0.3, -0.25) is 0 Å².